The van der Waals surface area contributed by atoms with Gasteiger partial charge < -0.3 is 0 Å². The molecule has 0 aliphatic heterocycles. The number of nitrogens with zero attached hydrogens (tertiary/aromatic N) is 2. The monoisotopic (exact) mass is 293 g/mol. The van der Waals surface area contributed by atoms with Crippen molar-refractivity contribution in [3.05, 3.63) is 72.1 Å². The highest BCUT2D eigenvalue weighted by atomic mass is 16.6. The number of para-hydroxylation sites is 1. The molecular weight excluding hydrogens is 274 g/mol. The highest BCUT2D eigenvalue weighted by Gasteiger charge is 2.16. The van der Waals surface area contributed by atoms with Crippen LogP contribution in [-0.4, -0.2) is 16.6 Å². The minimum absolute atomic E-state index is 0.433. The van der Waals surface area contributed by atoms with Crippen molar-refractivity contribution in [2.75, 3.05) is 7.05 Å². The Bertz CT molecular complexity index is 736. The molecule has 3 rings (SSSR count). The Balaban J connectivity index is 2.15. The smallest absolute Gasteiger partial charge is 0.145 e. The molecule has 0 bridgehead atoms. The zero-order valence-corrected chi connectivity index (χ0v) is 12.8. The fourth-order valence-electron chi connectivity index (χ4n) is 2.50. The predicted molar refractivity (Wildman–Crippen MR) is 87.6 cm³/mol. The van der Waals surface area contributed by atoms with Crippen LogP contribution in [0.4, 0.5) is 0 Å². The molecule has 22 heavy (non-hydrogen) atoms. The van der Waals surface area contributed by atoms with E-state index in [0.29, 0.717) is 6.61 Å². The SMILES string of the molecule is CNOCc1nc(-c2ccccc2)n(-c2ccccc2)c1C. The number of nitrogens with one attached hydrogen (secondary N) is 1. The maximum atomic E-state index is 5.31. The summed E-state index contributed by atoms with van der Waals surface area (Å²) in [5.74, 6) is 0.930. The molecule has 4 nitrogen and oxygen atoms in total. The molecule has 0 spiro atoms. The second-order valence-electron chi connectivity index (χ2n) is 5.00. The summed E-state index contributed by atoms with van der Waals surface area (Å²) < 4.78 is 2.17. The van der Waals surface area contributed by atoms with E-state index in [1.165, 1.54) is 0 Å². The number of imidazole rings is 1. The molecule has 4 heteroatoms. The number of hydroxylamine groups is 1. The van der Waals surface area contributed by atoms with Gasteiger partial charge in [-0.15, -0.1) is 0 Å². The number of rotatable bonds is 5. The first-order valence-corrected chi connectivity index (χ1v) is 7.29. The fourth-order valence-corrected chi connectivity index (χ4v) is 2.50. The topological polar surface area (TPSA) is 39.1 Å². The molecule has 0 aliphatic carbocycles. The summed E-state index contributed by atoms with van der Waals surface area (Å²) in [6, 6.07) is 20.5. The van der Waals surface area contributed by atoms with Gasteiger partial charge in [0.1, 0.15) is 12.4 Å². The molecule has 0 unspecified atom stereocenters. The van der Waals surface area contributed by atoms with Gasteiger partial charge in [0.25, 0.3) is 0 Å². The summed E-state index contributed by atoms with van der Waals surface area (Å²) in [6.07, 6.45) is 0. The van der Waals surface area contributed by atoms with Crippen LogP contribution in [0.3, 0.4) is 0 Å². The Labute approximate surface area is 130 Å². The summed E-state index contributed by atoms with van der Waals surface area (Å²) in [7, 11) is 1.75. The fraction of sp³-hybridized carbons (Fsp3) is 0.167. The molecule has 1 aromatic heterocycles. The predicted octanol–water partition coefficient (Wildman–Crippen LogP) is 3.50. The highest BCUT2D eigenvalue weighted by molar-refractivity contribution is 5.60. The minimum atomic E-state index is 0.433. The van der Waals surface area contributed by atoms with E-state index < -0.39 is 0 Å². The maximum Gasteiger partial charge on any atom is 0.145 e. The number of hydrogen-bond acceptors (Lipinski definition) is 3. The van der Waals surface area contributed by atoms with Gasteiger partial charge >= 0.3 is 0 Å². The van der Waals surface area contributed by atoms with Gasteiger partial charge in [0.15, 0.2) is 0 Å². The summed E-state index contributed by atoms with van der Waals surface area (Å²) in [4.78, 5) is 10.1. The van der Waals surface area contributed by atoms with Crippen molar-refractivity contribution in [3.63, 3.8) is 0 Å². The summed E-state index contributed by atoms with van der Waals surface area (Å²) in [5.41, 5.74) is 6.90. The molecule has 1 heterocycles. The van der Waals surface area contributed by atoms with Crippen LogP contribution >= 0.6 is 0 Å². The van der Waals surface area contributed by atoms with Gasteiger partial charge in [0.2, 0.25) is 0 Å². The Morgan fingerprint density at radius 1 is 1.00 bits per heavy atom. The Hall–Kier alpha value is -2.43. The molecule has 0 amide bonds. The van der Waals surface area contributed by atoms with Gasteiger partial charge in [-0.2, -0.15) is 0 Å². The molecule has 112 valence electrons. The zero-order chi connectivity index (χ0) is 15.4. The molecule has 2 aromatic carbocycles. The van der Waals surface area contributed by atoms with Crippen LogP contribution in [0.5, 0.6) is 0 Å². The van der Waals surface area contributed by atoms with E-state index in [1.807, 2.05) is 36.4 Å². The van der Waals surface area contributed by atoms with Crippen molar-refractivity contribution in [1.82, 2.24) is 15.0 Å². The lowest BCUT2D eigenvalue weighted by Crippen LogP contribution is -2.08. The van der Waals surface area contributed by atoms with Crippen LogP contribution in [-0.2, 0) is 11.4 Å². The van der Waals surface area contributed by atoms with Crippen LogP contribution < -0.4 is 5.48 Å². The van der Waals surface area contributed by atoms with E-state index in [-0.39, 0.29) is 0 Å². The van der Waals surface area contributed by atoms with Gasteiger partial charge in [0, 0.05) is 24.0 Å². The van der Waals surface area contributed by atoms with Gasteiger partial charge in [-0.3, -0.25) is 9.40 Å². The number of benzene rings is 2. The van der Waals surface area contributed by atoms with E-state index in [9.17, 15) is 0 Å². The zero-order valence-electron chi connectivity index (χ0n) is 12.8. The second-order valence-corrected chi connectivity index (χ2v) is 5.00. The number of aromatic nitrogens is 2. The molecule has 1 N–H and O–H groups in total. The van der Waals surface area contributed by atoms with Crippen LogP contribution in [0.1, 0.15) is 11.4 Å². The van der Waals surface area contributed by atoms with Gasteiger partial charge in [-0.05, 0) is 19.1 Å². The molecular formula is C18H19N3O. The van der Waals surface area contributed by atoms with Gasteiger partial charge in [-0.1, -0.05) is 48.5 Å². The largest absolute Gasteiger partial charge is 0.297 e. The maximum absolute atomic E-state index is 5.31. The van der Waals surface area contributed by atoms with E-state index in [2.05, 4.69) is 41.2 Å². The van der Waals surface area contributed by atoms with Crippen LogP contribution in [0.15, 0.2) is 60.7 Å². The molecule has 0 radical (unpaired) electrons. The van der Waals surface area contributed by atoms with Crippen molar-refractivity contribution < 1.29 is 4.84 Å². The third-order valence-electron chi connectivity index (χ3n) is 3.61. The van der Waals surface area contributed by atoms with E-state index in [1.54, 1.807) is 7.05 Å². The Morgan fingerprint density at radius 3 is 2.27 bits per heavy atom. The standard InChI is InChI=1S/C18H19N3O/c1-14-17(13-22-19-2)20-18(15-9-5-3-6-10-15)21(14)16-11-7-4-8-12-16/h3-12,19H,13H2,1-2H3. The molecule has 0 saturated carbocycles. The molecule has 0 saturated heterocycles. The third-order valence-corrected chi connectivity index (χ3v) is 3.61. The Kier molecular flexibility index (Phi) is 4.32. The lowest BCUT2D eigenvalue weighted by atomic mass is 10.2. The highest BCUT2D eigenvalue weighted by Crippen LogP contribution is 2.26. The first kappa shape index (κ1) is 14.5. The third kappa shape index (κ3) is 2.79. The van der Waals surface area contributed by atoms with Crippen molar-refractivity contribution >= 4 is 0 Å². The van der Waals surface area contributed by atoms with Crippen LogP contribution in [0.2, 0.25) is 0 Å². The first-order valence-electron chi connectivity index (χ1n) is 7.29. The lowest BCUT2D eigenvalue weighted by molar-refractivity contribution is 0.0423. The van der Waals surface area contributed by atoms with Gasteiger partial charge in [0.05, 0.1) is 5.69 Å². The molecule has 0 atom stereocenters. The summed E-state index contributed by atoms with van der Waals surface area (Å²) in [5, 5.41) is 0. The minimum Gasteiger partial charge on any atom is -0.297 e. The van der Waals surface area contributed by atoms with Gasteiger partial charge in [-0.25, -0.2) is 10.5 Å². The van der Waals surface area contributed by atoms with E-state index in [4.69, 9.17) is 9.82 Å². The second kappa shape index (κ2) is 6.56. The quantitative estimate of drug-likeness (QED) is 0.732. The van der Waals surface area contributed by atoms with Crippen LogP contribution in [0.25, 0.3) is 17.1 Å². The van der Waals surface area contributed by atoms with Crippen molar-refractivity contribution in [3.8, 4) is 17.1 Å². The average Bonchev–Trinajstić information content (AvgIpc) is 2.91. The van der Waals surface area contributed by atoms with Crippen molar-refractivity contribution in [1.29, 1.82) is 0 Å². The van der Waals surface area contributed by atoms with Crippen molar-refractivity contribution in [2.24, 2.45) is 0 Å². The Morgan fingerprint density at radius 2 is 1.64 bits per heavy atom. The van der Waals surface area contributed by atoms with Crippen molar-refractivity contribution in [2.45, 2.75) is 13.5 Å². The molecule has 0 aliphatic rings. The van der Waals surface area contributed by atoms with E-state index in [0.717, 1.165) is 28.5 Å². The molecule has 3 aromatic rings. The normalized spacial score (nSPS) is 10.8. The molecule has 0 fully saturated rings. The summed E-state index contributed by atoms with van der Waals surface area (Å²) in [6.45, 7) is 2.50. The van der Waals surface area contributed by atoms with E-state index >= 15 is 0 Å². The number of hydrogen-bond donors (Lipinski definition) is 1. The lowest BCUT2D eigenvalue weighted by Gasteiger charge is -2.10. The average molecular weight is 293 g/mol. The summed E-state index contributed by atoms with van der Waals surface area (Å²) >= 11 is 0. The first-order chi connectivity index (χ1) is 10.8. The van der Waals surface area contributed by atoms with Crippen LogP contribution in [0, 0.1) is 6.92 Å².